The number of para-hydroxylation sites is 1. The van der Waals surface area contributed by atoms with Gasteiger partial charge in [0, 0.05) is 70.6 Å². The molecule has 0 aliphatic carbocycles. The van der Waals surface area contributed by atoms with Gasteiger partial charge >= 0.3 is 0 Å². The van der Waals surface area contributed by atoms with Crippen molar-refractivity contribution in [2.75, 3.05) is 0 Å². The molecule has 6 heteroatoms. The van der Waals surface area contributed by atoms with E-state index in [1.165, 1.54) is 52.9 Å². The largest absolute Gasteiger partial charge is 0.316 e. The second-order valence-corrected chi connectivity index (χ2v) is 14.4. The number of hydrogen-bond acceptors (Lipinski definition) is 4. The fourth-order valence-corrected chi connectivity index (χ4v) is 8.90. The lowest BCUT2D eigenvalue weighted by Crippen LogP contribution is -2.00. The van der Waals surface area contributed by atoms with Crippen molar-refractivity contribution in [2.24, 2.45) is 0 Å². The van der Waals surface area contributed by atoms with Crippen LogP contribution in [-0.2, 0) is 0 Å². The molecule has 4 aromatic heterocycles. The van der Waals surface area contributed by atoms with Gasteiger partial charge in [-0.25, -0.2) is 15.0 Å². The maximum Gasteiger partial charge on any atom is 0.164 e. The Morgan fingerprint density at radius 2 is 0.943 bits per heavy atom. The zero-order valence-electron chi connectivity index (χ0n) is 28.4. The molecule has 53 heavy (non-hydrogen) atoms. The molecule has 0 N–H and O–H groups in total. The van der Waals surface area contributed by atoms with Crippen molar-refractivity contribution in [1.29, 1.82) is 0 Å². The summed E-state index contributed by atoms with van der Waals surface area (Å²) in [6.45, 7) is 0. The summed E-state index contributed by atoms with van der Waals surface area (Å²) in [5.41, 5.74) is 8.64. The number of thiophene rings is 1. The van der Waals surface area contributed by atoms with Gasteiger partial charge in [0.2, 0.25) is 0 Å². The molecule has 0 atom stereocenters. The molecule has 0 aliphatic heterocycles. The van der Waals surface area contributed by atoms with Crippen LogP contribution in [0.15, 0.2) is 176 Å². The normalized spacial score (nSPS) is 11.8. The molecule has 0 saturated heterocycles. The van der Waals surface area contributed by atoms with Crippen molar-refractivity contribution >= 4 is 64.2 Å². The number of aromatic nitrogens is 5. The van der Waals surface area contributed by atoms with Crippen LogP contribution in [0.4, 0.5) is 0 Å². The van der Waals surface area contributed by atoms with E-state index in [1.54, 1.807) is 0 Å². The molecule has 11 aromatic rings. The predicted molar refractivity (Wildman–Crippen MR) is 220 cm³/mol. The highest BCUT2D eigenvalue weighted by molar-refractivity contribution is 7.26. The summed E-state index contributed by atoms with van der Waals surface area (Å²) >= 11 is 1.85. The number of rotatable bonds is 5. The fourth-order valence-electron chi connectivity index (χ4n) is 7.79. The van der Waals surface area contributed by atoms with Crippen molar-refractivity contribution in [2.45, 2.75) is 0 Å². The molecule has 4 heterocycles. The minimum absolute atomic E-state index is 0.639. The third kappa shape index (κ3) is 4.73. The molecule has 0 fully saturated rings. The van der Waals surface area contributed by atoms with Gasteiger partial charge in [0.25, 0.3) is 0 Å². The monoisotopic (exact) mass is 695 g/mol. The highest BCUT2D eigenvalue weighted by Gasteiger charge is 2.21. The Morgan fingerprint density at radius 1 is 0.377 bits per heavy atom. The number of benzene rings is 7. The van der Waals surface area contributed by atoms with Crippen molar-refractivity contribution in [3.05, 3.63) is 176 Å². The first kappa shape index (κ1) is 29.8. The smallest absolute Gasteiger partial charge is 0.164 e. The zero-order chi connectivity index (χ0) is 34.9. The summed E-state index contributed by atoms with van der Waals surface area (Å²) in [7, 11) is 0. The lowest BCUT2D eigenvalue weighted by molar-refractivity contribution is 1.07. The first-order chi connectivity index (χ1) is 26.3. The summed E-state index contributed by atoms with van der Waals surface area (Å²) in [5, 5.41) is 6.25. The molecule has 7 aromatic carbocycles. The van der Waals surface area contributed by atoms with Gasteiger partial charge in [-0.3, -0.25) is 0 Å². The van der Waals surface area contributed by atoms with Crippen LogP contribution in [0.2, 0.25) is 0 Å². The third-order valence-electron chi connectivity index (χ3n) is 10.2. The van der Waals surface area contributed by atoms with E-state index in [4.69, 9.17) is 15.0 Å². The molecule has 0 spiro atoms. The van der Waals surface area contributed by atoms with Crippen LogP contribution in [-0.4, -0.2) is 24.1 Å². The van der Waals surface area contributed by atoms with Gasteiger partial charge in [0.1, 0.15) is 0 Å². The van der Waals surface area contributed by atoms with Gasteiger partial charge in [-0.05, 0) is 60.7 Å². The summed E-state index contributed by atoms with van der Waals surface area (Å²) in [5.74, 6) is 1.94. The molecule has 0 radical (unpaired) electrons. The van der Waals surface area contributed by atoms with Crippen LogP contribution in [0.25, 0.3) is 98.4 Å². The molecule has 0 amide bonds. The molecule has 248 valence electrons. The Labute approximate surface area is 308 Å². The predicted octanol–water partition coefficient (Wildman–Crippen LogP) is 12.3. The van der Waals surface area contributed by atoms with E-state index >= 15 is 0 Å². The molecule has 0 bridgehead atoms. The average Bonchev–Trinajstić information content (AvgIpc) is 3.93. The van der Waals surface area contributed by atoms with E-state index in [1.807, 2.05) is 72.0 Å². The highest BCUT2D eigenvalue weighted by Crippen LogP contribution is 2.45. The van der Waals surface area contributed by atoms with Crippen molar-refractivity contribution < 1.29 is 0 Å². The van der Waals surface area contributed by atoms with Crippen LogP contribution in [0.1, 0.15) is 0 Å². The molecular formula is C47H29N5S. The quantitative estimate of drug-likeness (QED) is 0.180. The number of fused-ring (bicyclic) bond motifs is 9. The summed E-state index contributed by atoms with van der Waals surface area (Å²) in [6.07, 6.45) is 2.19. The Bertz CT molecular complexity index is 3080. The van der Waals surface area contributed by atoms with Gasteiger partial charge < -0.3 is 9.13 Å². The molecule has 0 saturated carbocycles. The maximum absolute atomic E-state index is 5.00. The summed E-state index contributed by atoms with van der Waals surface area (Å²) in [6, 6.07) is 59.7. The highest BCUT2D eigenvalue weighted by atomic mass is 32.1. The van der Waals surface area contributed by atoms with E-state index in [0.717, 1.165) is 28.1 Å². The average molecular weight is 696 g/mol. The lowest BCUT2D eigenvalue weighted by atomic mass is 10.1. The van der Waals surface area contributed by atoms with E-state index in [2.05, 4.69) is 125 Å². The topological polar surface area (TPSA) is 48.5 Å². The molecule has 11 rings (SSSR count). The van der Waals surface area contributed by atoms with Crippen LogP contribution in [0.5, 0.6) is 0 Å². The Hall–Kier alpha value is -6.89. The minimum atomic E-state index is 0.639. The van der Waals surface area contributed by atoms with Gasteiger partial charge in [-0.2, -0.15) is 0 Å². The van der Waals surface area contributed by atoms with Crippen LogP contribution in [0, 0.1) is 0 Å². The Balaban J connectivity index is 1.16. The van der Waals surface area contributed by atoms with Crippen molar-refractivity contribution in [3.8, 4) is 45.5 Å². The van der Waals surface area contributed by atoms with Gasteiger partial charge in [-0.15, -0.1) is 11.3 Å². The van der Waals surface area contributed by atoms with E-state index in [-0.39, 0.29) is 0 Å². The summed E-state index contributed by atoms with van der Waals surface area (Å²) in [4.78, 5) is 14.9. The number of nitrogens with zero attached hydrogens (tertiary/aromatic N) is 5. The molecule has 0 aliphatic rings. The van der Waals surface area contributed by atoms with E-state index in [0.29, 0.717) is 17.5 Å². The van der Waals surface area contributed by atoms with Crippen molar-refractivity contribution in [3.63, 3.8) is 0 Å². The van der Waals surface area contributed by atoms with Gasteiger partial charge in [-0.1, -0.05) is 109 Å². The lowest BCUT2D eigenvalue weighted by Gasteiger charge is -2.12. The molecule has 5 nitrogen and oxygen atoms in total. The fraction of sp³-hybridized carbons (Fsp3) is 0. The van der Waals surface area contributed by atoms with Crippen molar-refractivity contribution in [1.82, 2.24) is 24.1 Å². The van der Waals surface area contributed by atoms with Crippen LogP contribution in [0.3, 0.4) is 0 Å². The van der Waals surface area contributed by atoms with Crippen LogP contribution < -0.4 is 0 Å². The second kappa shape index (κ2) is 11.8. The molecule has 0 unspecified atom stereocenters. The first-order valence-corrected chi connectivity index (χ1v) is 18.5. The molecular weight excluding hydrogens is 667 g/mol. The minimum Gasteiger partial charge on any atom is -0.316 e. The van der Waals surface area contributed by atoms with Gasteiger partial charge in [0.15, 0.2) is 17.5 Å². The number of hydrogen-bond donors (Lipinski definition) is 0. The zero-order valence-corrected chi connectivity index (χ0v) is 29.2. The SMILES string of the molecule is c1ccc(-c2nc(-c3ccccc3)nc(-c3ccc(-n4c5c(ccc6c5ccn6-c5ccccc5)c5ccc6sc7ccccc7c6c54)cc3)n2)cc1. The second-order valence-electron chi connectivity index (χ2n) is 13.3. The third-order valence-corrected chi connectivity index (χ3v) is 11.4. The Morgan fingerprint density at radius 3 is 1.62 bits per heavy atom. The van der Waals surface area contributed by atoms with Gasteiger partial charge in [0.05, 0.1) is 16.6 Å². The standard InChI is InChI=1S/C47H29N5S/c1-4-12-30(13-5-1)45-48-46(31-14-6-2-7-15-31)50-47(49-45)32-20-22-34(23-21-32)52-43-35(24-26-39-37(43)28-29-51(39)33-16-8-3-9-17-33)36-25-27-41-42(44(36)52)38-18-10-11-19-40(38)53-41/h1-29H. The first-order valence-electron chi connectivity index (χ1n) is 17.7. The van der Waals surface area contributed by atoms with E-state index < -0.39 is 0 Å². The Kier molecular flexibility index (Phi) is 6.66. The van der Waals surface area contributed by atoms with E-state index in [9.17, 15) is 0 Å². The maximum atomic E-state index is 5.00. The van der Waals surface area contributed by atoms with Crippen LogP contribution >= 0.6 is 11.3 Å². The summed E-state index contributed by atoms with van der Waals surface area (Å²) < 4.78 is 7.34.